The minimum Gasteiger partial charge on any atom is -0.480 e. The summed E-state index contributed by atoms with van der Waals surface area (Å²) in [6, 6.07) is 2.81. The van der Waals surface area contributed by atoms with Gasteiger partial charge in [0.1, 0.15) is 0 Å². The predicted molar refractivity (Wildman–Crippen MR) is 61.6 cm³/mol. The van der Waals surface area contributed by atoms with Gasteiger partial charge in [-0.1, -0.05) is 15.9 Å². The Morgan fingerprint density at radius 2 is 2.12 bits per heavy atom. The molecule has 0 saturated carbocycles. The van der Waals surface area contributed by atoms with Crippen molar-refractivity contribution in [3.8, 4) is 5.75 Å². The number of rotatable bonds is 4. The Balaban J connectivity index is 3.08. The molecule has 0 atom stereocenters. The summed E-state index contributed by atoms with van der Waals surface area (Å²) in [6.07, 6.45) is 0. The van der Waals surface area contributed by atoms with Gasteiger partial charge >= 0.3 is 5.69 Å². The smallest absolute Gasteiger partial charge is 0.314 e. The fourth-order valence-corrected chi connectivity index (χ4v) is 1.52. The first-order valence-corrected chi connectivity index (χ1v) is 5.46. The molecule has 1 aromatic carbocycles. The van der Waals surface area contributed by atoms with Crippen molar-refractivity contribution in [1.29, 1.82) is 0 Å². The number of nitrogens with zero attached hydrogens (tertiary/aromatic N) is 1. The summed E-state index contributed by atoms with van der Waals surface area (Å²) >= 11 is 3.13. The van der Waals surface area contributed by atoms with E-state index in [0.29, 0.717) is 17.0 Å². The number of nitro benzene ring substituents is 1. The van der Waals surface area contributed by atoms with Gasteiger partial charge in [-0.25, -0.2) is 8.78 Å². The van der Waals surface area contributed by atoms with Crippen LogP contribution < -0.4 is 4.74 Å². The molecule has 1 rings (SSSR count). The van der Waals surface area contributed by atoms with Gasteiger partial charge in [0.15, 0.2) is 12.4 Å². The van der Waals surface area contributed by atoms with E-state index in [1.165, 1.54) is 19.1 Å². The van der Waals surface area contributed by atoms with Crippen molar-refractivity contribution in [1.82, 2.24) is 0 Å². The molecule has 4 nitrogen and oxygen atoms in total. The van der Waals surface area contributed by atoms with Crippen molar-refractivity contribution in [2.24, 2.45) is 0 Å². The van der Waals surface area contributed by atoms with Crippen molar-refractivity contribution in [3.63, 3.8) is 0 Å². The van der Waals surface area contributed by atoms with Crippen molar-refractivity contribution >= 4 is 21.6 Å². The van der Waals surface area contributed by atoms with Crippen LogP contribution in [0.4, 0.5) is 14.5 Å². The van der Waals surface area contributed by atoms with Gasteiger partial charge in [0.2, 0.25) is 0 Å². The molecule has 0 aliphatic rings. The summed E-state index contributed by atoms with van der Waals surface area (Å²) in [7, 11) is 0. The summed E-state index contributed by atoms with van der Waals surface area (Å²) in [5.74, 6) is -3.19. The van der Waals surface area contributed by atoms with Crippen molar-refractivity contribution in [2.75, 3.05) is 6.61 Å². The number of hydrogen-bond acceptors (Lipinski definition) is 3. The molecule has 0 aliphatic carbocycles. The maximum absolute atomic E-state index is 12.6. The maximum atomic E-state index is 12.6. The molecule has 94 valence electrons. The first kappa shape index (κ1) is 13.8. The van der Waals surface area contributed by atoms with Crippen LogP contribution in [-0.2, 0) is 0 Å². The van der Waals surface area contributed by atoms with Crippen LogP contribution in [0.5, 0.6) is 5.75 Å². The van der Waals surface area contributed by atoms with Gasteiger partial charge in [-0.05, 0) is 19.1 Å². The topological polar surface area (TPSA) is 52.4 Å². The highest BCUT2D eigenvalue weighted by atomic mass is 79.9. The minimum atomic E-state index is -3.03. The summed E-state index contributed by atoms with van der Waals surface area (Å²) in [6.45, 7) is 1.30. The molecular weight excluding hydrogens is 300 g/mol. The van der Waals surface area contributed by atoms with Gasteiger partial charge in [0.25, 0.3) is 5.92 Å². The molecule has 0 fully saturated rings. The number of halogens is 3. The zero-order valence-electron chi connectivity index (χ0n) is 9.17. The summed E-state index contributed by atoms with van der Waals surface area (Å²) in [5, 5.41) is 10.8. The lowest BCUT2D eigenvalue weighted by Crippen LogP contribution is -2.21. The molecule has 0 unspecified atom stereocenters. The Kier molecular flexibility index (Phi) is 4.03. The Morgan fingerprint density at radius 1 is 1.53 bits per heavy atom. The van der Waals surface area contributed by atoms with Crippen molar-refractivity contribution in [3.05, 3.63) is 32.3 Å². The SMILES string of the molecule is Cc1c(Br)ccc(OCC(C)(F)F)c1[N+](=O)[O-]. The first-order valence-electron chi connectivity index (χ1n) is 4.66. The van der Waals surface area contributed by atoms with Crippen LogP contribution in [0.1, 0.15) is 12.5 Å². The Morgan fingerprint density at radius 3 is 2.59 bits per heavy atom. The molecule has 0 radical (unpaired) electrons. The maximum Gasteiger partial charge on any atom is 0.314 e. The van der Waals surface area contributed by atoms with Crippen molar-refractivity contribution < 1.29 is 18.4 Å². The third-order valence-corrected chi connectivity index (χ3v) is 2.85. The van der Waals surface area contributed by atoms with Gasteiger partial charge in [-0.3, -0.25) is 10.1 Å². The van der Waals surface area contributed by atoms with E-state index >= 15 is 0 Å². The van der Waals surface area contributed by atoms with Gasteiger partial charge in [-0.15, -0.1) is 0 Å². The van der Waals surface area contributed by atoms with Crippen molar-refractivity contribution in [2.45, 2.75) is 19.8 Å². The van der Waals surface area contributed by atoms with E-state index in [1.54, 1.807) is 0 Å². The van der Waals surface area contributed by atoms with Crippen LogP contribution in [0.2, 0.25) is 0 Å². The highest BCUT2D eigenvalue weighted by Gasteiger charge is 2.26. The normalized spacial score (nSPS) is 11.4. The second kappa shape index (κ2) is 4.95. The number of ether oxygens (including phenoxy) is 1. The minimum absolute atomic E-state index is 0.155. The van der Waals surface area contributed by atoms with Gasteiger partial charge < -0.3 is 4.74 Å². The summed E-state index contributed by atoms with van der Waals surface area (Å²) in [5.41, 5.74) is 0.0375. The fourth-order valence-electron chi connectivity index (χ4n) is 1.20. The fraction of sp³-hybridized carbons (Fsp3) is 0.400. The number of benzene rings is 1. The Hall–Kier alpha value is -1.24. The van der Waals surface area contributed by atoms with Gasteiger partial charge in [-0.2, -0.15) is 0 Å². The molecule has 0 aliphatic heterocycles. The van der Waals surface area contributed by atoms with E-state index < -0.39 is 17.5 Å². The van der Waals surface area contributed by atoms with Crippen LogP contribution in [0.15, 0.2) is 16.6 Å². The van der Waals surface area contributed by atoms with Crippen LogP contribution in [0.3, 0.4) is 0 Å². The lowest BCUT2D eigenvalue weighted by molar-refractivity contribution is -0.386. The lowest BCUT2D eigenvalue weighted by atomic mass is 10.2. The quantitative estimate of drug-likeness (QED) is 0.629. The number of alkyl halides is 2. The molecule has 0 spiro atoms. The molecule has 0 N–H and O–H groups in total. The zero-order chi connectivity index (χ0) is 13.2. The van der Waals surface area contributed by atoms with Crippen LogP contribution in [-0.4, -0.2) is 17.5 Å². The molecule has 7 heteroatoms. The number of hydrogen-bond donors (Lipinski definition) is 0. The van der Waals surface area contributed by atoms with Crippen LogP contribution >= 0.6 is 15.9 Å². The van der Waals surface area contributed by atoms with E-state index in [-0.39, 0.29) is 11.4 Å². The Labute approximate surface area is 105 Å². The molecule has 0 heterocycles. The third kappa shape index (κ3) is 3.62. The van der Waals surface area contributed by atoms with Gasteiger partial charge in [0, 0.05) is 17.0 Å². The van der Waals surface area contributed by atoms with E-state index in [2.05, 4.69) is 15.9 Å². The second-order valence-electron chi connectivity index (χ2n) is 3.64. The average molecular weight is 310 g/mol. The highest BCUT2D eigenvalue weighted by molar-refractivity contribution is 9.10. The van der Waals surface area contributed by atoms with E-state index in [9.17, 15) is 18.9 Å². The molecule has 17 heavy (non-hydrogen) atoms. The molecule has 0 aromatic heterocycles. The molecule has 1 aromatic rings. The lowest BCUT2D eigenvalue weighted by Gasteiger charge is -2.13. The largest absolute Gasteiger partial charge is 0.480 e. The van der Waals surface area contributed by atoms with E-state index in [1.807, 2.05) is 0 Å². The molecule has 0 amide bonds. The molecule has 0 saturated heterocycles. The first-order chi connectivity index (χ1) is 7.72. The highest BCUT2D eigenvalue weighted by Crippen LogP contribution is 2.35. The monoisotopic (exact) mass is 309 g/mol. The standard InChI is InChI=1S/C10H10BrF2NO3/c1-6-7(11)3-4-8(9(6)14(15)16)17-5-10(2,12)13/h3-4H,5H2,1-2H3. The van der Waals surface area contributed by atoms with Crippen LogP contribution in [0.25, 0.3) is 0 Å². The third-order valence-electron chi connectivity index (χ3n) is 1.99. The molecular formula is C10H10BrF2NO3. The summed E-state index contributed by atoms with van der Waals surface area (Å²) in [4.78, 5) is 10.2. The van der Waals surface area contributed by atoms with E-state index in [0.717, 1.165) is 0 Å². The van der Waals surface area contributed by atoms with E-state index in [4.69, 9.17) is 4.74 Å². The zero-order valence-corrected chi connectivity index (χ0v) is 10.8. The Bertz CT molecular complexity index is 446. The summed E-state index contributed by atoms with van der Waals surface area (Å²) < 4.78 is 30.5. The second-order valence-corrected chi connectivity index (χ2v) is 4.49. The number of nitro groups is 1. The predicted octanol–water partition coefficient (Wildman–Crippen LogP) is 3.70. The average Bonchev–Trinajstić information content (AvgIpc) is 2.18. The molecule has 0 bridgehead atoms. The van der Waals surface area contributed by atoms with Crippen LogP contribution in [0, 0.1) is 17.0 Å². The van der Waals surface area contributed by atoms with Gasteiger partial charge in [0.05, 0.1) is 4.92 Å².